The molecule has 0 fully saturated rings. The van der Waals surface area contributed by atoms with Crippen molar-refractivity contribution in [1.82, 2.24) is 0 Å². The van der Waals surface area contributed by atoms with Gasteiger partial charge in [0.05, 0.1) is 16.4 Å². The zero-order valence-corrected chi connectivity index (χ0v) is 8.75. The molecule has 1 aliphatic heterocycles. The molecule has 4 heteroatoms. The van der Waals surface area contributed by atoms with E-state index < -0.39 is 0 Å². The number of hydrogen-bond acceptors (Lipinski definition) is 3. The van der Waals surface area contributed by atoms with Crippen molar-refractivity contribution in [3.63, 3.8) is 0 Å². The first-order valence-electron chi connectivity index (χ1n) is 4.54. The summed E-state index contributed by atoms with van der Waals surface area (Å²) < 4.78 is 0. The molecule has 0 aromatic heterocycles. The molecule has 1 aromatic rings. The number of benzene rings is 1. The Morgan fingerprint density at radius 1 is 1.50 bits per heavy atom. The minimum Gasteiger partial charge on any atom is -0.397 e. The van der Waals surface area contributed by atoms with Gasteiger partial charge in [-0.05, 0) is 24.6 Å². The molecule has 0 unspecified atom stereocenters. The third-order valence-corrected chi connectivity index (χ3v) is 2.77. The minimum absolute atomic E-state index is 0.615. The van der Waals surface area contributed by atoms with Crippen LogP contribution in [0.5, 0.6) is 0 Å². The van der Waals surface area contributed by atoms with Crippen molar-refractivity contribution >= 4 is 29.2 Å². The van der Waals surface area contributed by atoms with E-state index in [-0.39, 0.29) is 0 Å². The van der Waals surface area contributed by atoms with E-state index in [1.54, 1.807) is 0 Å². The molecule has 0 aliphatic carbocycles. The van der Waals surface area contributed by atoms with Gasteiger partial charge in [0.2, 0.25) is 0 Å². The standard InChI is InChI=1S/C10H12ClN3/c1-7-5-8(6-9(12)10(7)11)14-4-2-3-13-14/h3,5-6H,2,4,12H2,1H3. The second-order valence-corrected chi connectivity index (χ2v) is 3.75. The first-order chi connectivity index (χ1) is 6.68. The van der Waals surface area contributed by atoms with Gasteiger partial charge in [-0.3, -0.25) is 5.01 Å². The summed E-state index contributed by atoms with van der Waals surface area (Å²) in [6.45, 7) is 2.86. The number of hydrazone groups is 1. The predicted molar refractivity (Wildman–Crippen MR) is 61.1 cm³/mol. The Morgan fingerprint density at radius 3 is 2.86 bits per heavy atom. The fourth-order valence-corrected chi connectivity index (χ4v) is 1.63. The molecule has 0 spiro atoms. The van der Waals surface area contributed by atoms with Crippen molar-refractivity contribution in [3.05, 3.63) is 22.7 Å². The second kappa shape index (κ2) is 3.50. The number of nitrogens with zero attached hydrogens (tertiary/aromatic N) is 2. The van der Waals surface area contributed by atoms with Gasteiger partial charge in [0.1, 0.15) is 0 Å². The summed E-state index contributed by atoms with van der Waals surface area (Å²) in [4.78, 5) is 0. The monoisotopic (exact) mass is 209 g/mol. The molecule has 0 radical (unpaired) electrons. The maximum atomic E-state index is 5.97. The number of hydrogen-bond donors (Lipinski definition) is 1. The summed E-state index contributed by atoms with van der Waals surface area (Å²) in [6.07, 6.45) is 2.89. The third-order valence-electron chi connectivity index (χ3n) is 2.26. The van der Waals surface area contributed by atoms with Crippen molar-refractivity contribution in [3.8, 4) is 0 Å². The van der Waals surface area contributed by atoms with Crippen LogP contribution in [0.4, 0.5) is 11.4 Å². The molecule has 0 saturated heterocycles. The lowest BCUT2D eigenvalue weighted by atomic mass is 10.2. The lowest BCUT2D eigenvalue weighted by Crippen LogP contribution is -2.12. The van der Waals surface area contributed by atoms with E-state index in [0.29, 0.717) is 10.7 Å². The quantitative estimate of drug-likeness (QED) is 0.722. The Labute approximate surface area is 88.2 Å². The molecule has 0 saturated carbocycles. The molecule has 1 heterocycles. The molecule has 14 heavy (non-hydrogen) atoms. The third kappa shape index (κ3) is 1.55. The van der Waals surface area contributed by atoms with Crippen molar-refractivity contribution in [2.75, 3.05) is 17.3 Å². The van der Waals surface area contributed by atoms with E-state index >= 15 is 0 Å². The molecule has 1 aromatic carbocycles. The molecule has 0 bridgehead atoms. The summed E-state index contributed by atoms with van der Waals surface area (Å²) in [6, 6.07) is 3.86. The maximum Gasteiger partial charge on any atom is 0.0666 e. The zero-order chi connectivity index (χ0) is 10.1. The van der Waals surface area contributed by atoms with Crippen molar-refractivity contribution < 1.29 is 0 Å². The van der Waals surface area contributed by atoms with E-state index in [4.69, 9.17) is 17.3 Å². The Morgan fingerprint density at radius 2 is 2.29 bits per heavy atom. The fourth-order valence-electron chi connectivity index (χ4n) is 1.52. The summed E-state index contributed by atoms with van der Waals surface area (Å²) in [7, 11) is 0. The summed E-state index contributed by atoms with van der Waals surface area (Å²) in [5.74, 6) is 0. The normalized spacial score (nSPS) is 15.1. The van der Waals surface area contributed by atoms with E-state index in [0.717, 1.165) is 24.2 Å². The van der Waals surface area contributed by atoms with E-state index in [1.807, 2.05) is 30.3 Å². The molecule has 1 aliphatic rings. The topological polar surface area (TPSA) is 41.6 Å². The number of nitrogens with two attached hydrogens (primary N) is 1. The number of nitrogen functional groups attached to an aromatic ring is 1. The van der Waals surface area contributed by atoms with Gasteiger partial charge in [0.25, 0.3) is 0 Å². The minimum atomic E-state index is 0.615. The van der Waals surface area contributed by atoms with Gasteiger partial charge in [-0.15, -0.1) is 0 Å². The SMILES string of the molecule is Cc1cc(N2CCC=N2)cc(N)c1Cl. The predicted octanol–water partition coefficient (Wildman–Crippen LogP) is 2.43. The number of rotatable bonds is 1. The lowest BCUT2D eigenvalue weighted by Gasteiger charge is -2.15. The number of halogens is 1. The van der Waals surface area contributed by atoms with Crippen molar-refractivity contribution in [2.24, 2.45) is 5.10 Å². The van der Waals surface area contributed by atoms with Crippen LogP contribution in [0.2, 0.25) is 5.02 Å². The van der Waals surface area contributed by atoms with E-state index in [2.05, 4.69) is 5.10 Å². The molecular formula is C10H12ClN3. The molecule has 2 rings (SSSR count). The zero-order valence-electron chi connectivity index (χ0n) is 8.00. The number of anilines is 2. The Bertz CT molecular complexity index is 364. The van der Waals surface area contributed by atoms with Gasteiger partial charge in [-0.1, -0.05) is 11.6 Å². The van der Waals surface area contributed by atoms with Gasteiger partial charge < -0.3 is 5.73 Å². The van der Waals surface area contributed by atoms with Crippen LogP contribution < -0.4 is 10.7 Å². The molecule has 0 amide bonds. The number of aryl methyl sites for hydroxylation is 1. The highest BCUT2D eigenvalue weighted by atomic mass is 35.5. The van der Waals surface area contributed by atoms with E-state index in [1.165, 1.54) is 0 Å². The van der Waals surface area contributed by atoms with Crippen LogP contribution >= 0.6 is 11.6 Å². The molecule has 0 atom stereocenters. The van der Waals surface area contributed by atoms with Crippen molar-refractivity contribution in [2.45, 2.75) is 13.3 Å². The molecule has 2 N–H and O–H groups in total. The van der Waals surface area contributed by atoms with Crippen molar-refractivity contribution in [1.29, 1.82) is 0 Å². The van der Waals surface area contributed by atoms with Crippen LogP contribution in [-0.2, 0) is 0 Å². The Kier molecular flexibility index (Phi) is 2.33. The Hall–Kier alpha value is -1.22. The largest absolute Gasteiger partial charge is 0.397 e. The highest BCUT2D eigenvalue weighted by molar-refractivity contribution is 6.33. The fraction of sp³-hybridized carbons (Fsp3) is 0.300. The highest BCUT2D eigenvalue weighted by Crippen LogP contribution is 2.29. The summed E-state index contributed by atoms with van der Waals surface area (Å²) in [5.41, 5.74) is 8.39. The Balaban J connectivity index is 2.39. The van der Waals surface area contributed by atoms with Gasteiger partial charge in [0.15, 0.2) is 0 Å². The first kappa shape index (κ1) is 9.34. The molecule has 74 valence electrons. The van der Waals surface area contributed by atoms with E-state index in [9.17, 15) is 0 Å². The summed E-state index contributed by atoms with van der Waals surface area (Å²) >= 11 is 5.97. The van der Waals surface area contributed by atoms with Crippen LogP contribution in [0, 0.1) is 6.92 Å². The smallest absolute Gasteiger partial charge is 0.0666 e. The van der Waals surface area contributed by atoms with Gasteiger partial charge in [0, 0.05) is 19.2 Å². The van der Waals surface area contributed by atoms with Crippen LogP contribution in [-0.4, -0.2) is 12.8 Å². The van der Waals surface area contributed by atoms with Crippen LogP contribution in [0.15, 0.2) is 17.2 Å². The van der Waals surface area contributed by atoms with Gasteiger partial charge in [-0.25, -0.2) is 0 Å². The average Bonchev–Trinajstić information content (AvgIpc) is 2.66. The second-order valence-electron chi connectivity index (χ2n) is 3.38. The van der Waals surface area contributed by atoms with Crippen LogP contribution in [0.1, 0.15) is 12.0 Å². The first-order valence-corrected chi connectivity index (χ1v) is 4.92. The maximum absolute atomic E-state index is 5.97. The molecule has 3 nitrogen and oxygen atoms in total. The van der Waals surface area contributed by atoms with Gasteiger partial charge >= 0.3 is 0 Å². The lowest BCUT2D eigenvalue weighted by molar-refractivity contribution is 0.921. The van der Waals surface area contributed by atoms with Crippen LogP contribution in [0.3, 0.4) is 0 Å². The summed E-state index contributed by atoms with van der Waals surface area (Å²) in [5, 5.41) is 6.79. The van der Waals surface area contributed by atoms with Crippen LogP contribution in [0.25, 0.3) is 0 Å². The molecular weight excluding hydrogens is 198 g/mol. The highest BCUT2D eigenvalue weighted by Gasteiger charge is 2.11. The van der Waals surface area contributed by atoms with Gasteiger partial charge in [-0.2, -0.15) is 5.10 Å². The average molecular weight is 210 g/mol.